The second-order valence-corrected chi connectivity index (χ2v) is 9.31. The highest BCUT2D eigenvalue weighted by atomic mass is 28.3. The van der Waals surface area contributed by atoms with Crippen molar-refractivity contribution in [2.45, 2.75) is 39.6 Å². The van der Waals surface area contributed by atoms with Gasteiger partial charge in [-0.25, -0.2) is 4.79 Å². The number of aliphatic hydroxyl groups excluding tert-OH is 1. The standard InChI is InChI=1S/C12H20O3Si/c1-6-15-12(14)9-10(2)11(13)7-8-16(3,4)5/h9,11,13H,6H2,1-5H3/b10-9+/t11-/m0/s1. The lowest BCUT2D eigenvalue weighted by atomic mass is 10.2. The summed E-state index contributed by atoms with van der Waals surface area (Å²) in [5.74, 6) is 2.32. The molecule has 0 saturated heterocycles. The van der Waals surface area contributed by atoms with Crippen LogP contribution in [-0.4, -0.2) is 31.9 Å². The van der Waals surface area contributed by atoms with Crippen molar-refractivity contribution in [3.05, 3.63) is 11.6 Å². The Hall–Kier alpha value is -1.05. The van der Waals surface area contributed by atoms with E-state index >= 15 is 0 Å². The summed E-state index contributed by atoms with van der Waals surface area (Å²) >= 11 is 0. The van der Waals surface area contributed by atoms with Gasteiger partial charge in [0.05, 0.1) is 6.61 Å². The minimum Gasteiger partial charge on any atom is -0.463 e. The minimum absolute atomic E-state index is 0.333. The molecule has 0 aromatic carbocycles. The van der Waals surface area contributed by atoms with Crippen molar-refractivity contribution in [1.29, 1.82) is 0 Å². The zero-order chi connectivity index (χ0) is 12.8. The fraction of sp³-hybridized carbons (Fsp3) is 0.583. The van der Waals surface area contributed by atoms with E-state index in [9.17, 15) is 9.90 Å². The highest BCUT2D eigenvalue weighted by Crippen LogP contribution is 2.03. The summed E-state index contributed by atoms with van der Waals surface area (Å²) in [6.07, 6.45) is 0.406. The van der Waals surface area contributed by atoms with Crippen LogP contribution in [0.25, 0.3) is 0 Å². The third-order valence-electron chi connectivity index (χ3n) is 1.65. The molecule has 0 bridgehead atoms. The first-order chi connectivity index (χ1) is 7.26. The van der Waals surface area contributed by atoms with Gasteiger partial charge in [0.25, 0.3) is 0 Å². The van der Waals surface area contributed by atoms with Gasteiger partial charge in [-0.15, -0.1) is 5.54 Å². The van der Waals surface area contributed by atoms with Crippen LogP contribution in [0.15, 0.2) is 11.6 Å². The summed E-state index contributed by atoms with van der Waals surface area (Å²) < 4.78 is 4.74. The number of hydrogen-bond acceptors (Lipinski definition) is 3. The summed E-state index contributed by atoms with van der Waals surface area (Å²) in [6, 6.07) is 0. The molecular weight excluding hydrogens is 220 g/mol. The first-order valence-corrected chi connectivity index (χ1v) is 8.82. The predicted octanol–water partition coefficient (Wildman–Crippen LogP) is 1.74. The molecule has 0 unspecified atom stereocenters. The van der Waals surface area contributed by atoms with Gasteiger partial charge in [0.15, 0.2) is 0 Å². The van der Waals surface area contributed by atoms with Crippen molar-refractivity contribution in [1.82, 2.24) is 0 Å². The Morgan fingerprint density at radius 3 is 2.50 bits per heavy atom. The van der Waals surface area contributed by atoms with Crippen LogP contribution in [0.1, 0.15) is 13.8 Å². The summed E-state index contributed by atoms with van der Waals surface area (Å²) in [7, 11) is -1.49. The smallest absolute Gasteiger partial charge is 0.330 e. The maximum atomic E-state index is 11.1. The number of hydrogen-bond donors (Lipinski definition) is 1. The molecule has 0 aromatic rings. The number of carbonyl (C=O) groups excluding carboxylic acids is 1. The third kappa shape index (κ3) is 7.27. The zero-order valence-corrected chi connectivity index (χ0v) is 11.6. The largest absolute Gasteiger partial charge is 0.463 e. The predicted molar refractivity (Wildman–Crippen MR) is 67.5 cm³/mol. The number of rotatable bonds is 3. The maximum absolute atomic E-state index is 11.1. The Balaban J connectivity index is 4.54. The van der Waals surface area contributed by atoms with E-state index in [-0.39, 0.29) is 0 Å². The van der Waals surface area contributed by atoms with Gasteiger partial charge in [0, 0.05) is 6.08 Å². The van der Waals surface area contributed by atoms with Gasteiger partial charge in [-0.2, -0.15) is 0 Å². The van der Waals surface area contributed by atoms with Crippen LogP contribution >= 0.6 is 0 Å². The van der Waals surface area contributed by atoms with Gasteiger partial charge in [-0.05, 0) is 19.4 Å². The van der Waals surface area contributed by atoms with E-state index in [1.165, 1.54) is 6.08 Å². The highest BCUT2D eigenvalue weighted by molar-refractivity contribution is 6.83. The SMILES string of the molecule is CCOC(=O)/C=C(\C)[C@@H](O)C#C[Si](C)(C)C. The van der Waals surface area contributed by atoms with Crippen LogP contribution in [0.3, 0.4) is 0 Å². The van der Waals surface area contributed by atoms with Gasteiger partial charge in [0.1, 0.15) is 14.2 Å². The Labute approximate surface area is 98.5 Å². The molecule has 0 spiro atoms. The van der Waals surface area contributed by atoms with Crippen molar-refractivity contribution >= 4 is 14.0 Å². The topological polar surface area (TPSA) is 46.5 Å². The van der Waals surface area contributed by atoms with Gasteiger partial charge >= 0.3 is 5.97 Å². The quantitative estimate of drug-likeness (QED) is 0.354. The van der Waals surface area contributed by atoms with Crippen LogP contribution in [-0.2, 0) is 9.53 Å². The Morgan fingerprint density at radius 2 is 2.06 bits per heavy atom. The molecule has 0 aromatic heterocycles. The van der Waals surface area contributed by atoms with E-state index in [1.807, 2.05) is 0 Å². The Kier molecular flexibility index (Phi) is 6.08. The normalized spacial score (nSPS) is 13.8. The summed E-state index contributed by atoms with van der Waals surface area (Å²) in [4.78, 5) is 11.1. The summed E-state index contributed by atoms with van der Waals surface area (Å²) in [6.45, 7) is 10.0. The molecule has 0 radical (unpaired) electrons. The number of aliphatic hydroxyl groups is 1. The van der Waals surface area contributed by atoms with E-state index in [0.29, 0.717) is 12.2 Å². The molecule has 3 nitrogen and oxygen atoms in total. The molecule has 0 aliphatic heterocycles. The van der Waals surface area contributed by atoms with Crippen LogP contribution in [0.2, 0.25) is 19.6 Å². The van der Waals surface area contributed by atoms with Crippen molar-refractivity contribution < 1.29 is 14.6 Å². The van der Waals surface area contributed by atoms with Crippen molar-refractivity contribution in [3.63, 3.8) is 0 Å². The van der Waals surface area contributed by atoms with Gasteiger partial charge in [0.2, 0.25) is 0 Å². The number of ether oxygens (including phenoxy) is 1. The Morgan fingerprint density at radius 1 is 1.50 bits per heavy atom. The molecule has 4 heteroatoms. The molecule has 1 atom stereocenters. The van der Waals surface area contributed by atoms with E-state index in [0.717, 1.165) is 0 Å². The van der Waals surface area contributed by atoms with Crippen LogP contribution in [0.5, 0.6) is 0 Å². The lowest BCUT2D eigenvalue weighted by molar-refractivity contribution is -0.137. The monoisotopic (exact) mass is 240 g/mol. The second-order valence-electron chi connectivity index (χ2n) is 4.56. The average Bonchev–Trinajstić information content (AvgIpc) is 2.13. The number of carbonyl (C=O) groups is 1. The zero-order valence-electron chi connectivity index (χ0n) is 10.6. The van der Waals surface area contributed by atoms with Gasteiger partial charge in [-0.3, -0.25) is 0 Å². The van der Waals surface area contributed by atoms with Crippen LogP contribution < -0.4 is 0 Å². The molecule has 0 fully saturated rings. The fourth-order valence-corrected chi connectivity index (χ4v) is 1.42. The molecule has 0 saturated carbocycles. The average molecular weight is 240 g/mol. The van der Waals surface area contributed by atoms with E-state index in [1.54, 1.807) is 13.8 Å². The molecule has 0 aliphatic carbocycles. The maximum Gasteiger partial charge on any atom is 0.330 e. The van der Waals surface area contributed by atoms with Crippen molar-refractivity contribution in [3.8, 4) is 11.5 Å². The molecule has 0 aliphatic rings. The lowest BCUT2D eigenvalue weighted by Gasteiger charge is -2.07. The summed E-state index contributed by atoms with van der Waals surface area (Å²) in [5.41, 5.74) is 3.57. The van der Waals surface area contributed by atoms with Gasteiger partial charge in [-0.1, -0.05) is 25.6 Å². The van der Waals surface area contributed by atoms with Gasteiger partial charge < -0.3 is 9.84 Å². The molecule has 16 heavy (non-hydrogen) atoms. The first-order valence-electron chi connectivity index (χ1n) is 5.32. The number of esters is 1. The molecule has 0 heterocycles. The lowest BCUT2D eigenvalue weighted by Crippen LogP contribution is -2.18. The van der Waals surface area contributed by atoms with E-state index < -0.39 is 20.1 Å². The fourth-order valence-electron chi connectivity index (χ4n) is 0.847. The minimum atomic E-state index is -1.49. The van der Waals surface area contributed by atoms with Crippen LogP contribution in [0, 0.1) is 11.5 Å². The third-order valence-corrected chi connectivity index (χ3v) is 2.54. The first kappa shape index (κ1) is 14.9. The summed E-state index contributed by atoms with van der Waals surface area (Å²) in [5, 5.41) is 9.67. The molecule has 90 valence electrons. The Bertz CT molecular complexity index is 328. The molecule has 0 amide bonds. The van der Waals surface area contributed by atoms with Crippen molar-refractivity contribution in [2.24, 2.45) is 0 Å². The van der Waals surface area contributed by atoms with Crippen molar-refractivity contribution in [2.75, 3.05) is 6.61 Å². The molecular formula is C12H20O3Si. The molecule has 1 N–H and O–H groups in total. The van der Waals surface area contributed by atoms with E-state index in [4.69, 9.17) is 4.74 Å². The second kappa shape index (κ2) is 6.51. The van der Waals surface area contributed by atoms with Crippen LogP contribution in [0.4, 0.5) is 0 Å². The van der Waals surface area contributed by atoms with E-state index in [2.05, 4.69) is 31.1 Å². The molecule has 0 rings (SSSR count). The highest BCUT2D eigenvalue weighted by Gasteiger charge is 2.10.